The molecular weight excluding hydrogens is 496 g/mol. The average Bonchev–Trinajstić information content (AvgIpc) is 3.12. The maximum Gasteiger partial charge on any atom is 0.347 e. The number of ketones is 1. The molecule has 1 spiro atoms. The van der Waals surface area contributed by atoms with E-state index in [2.05, 4.69) is 0 Å². The Balaban J connectivity index is 1.50. The molecule has 2 saturated heterocycles. The van der Waals surface area contributed by atoms with Crippen molar-refractivity contribution in [1.29, 1.82) is 0 Å². The molecule has 5 fully saturated rings. The summed E-state index contributed by atoms with van der Waals surface area (Å²) in [6.45, 7) is 8.43. The SMILES string of the molecule is COC(=O)[C@H](OC(C)=O)[C@H]1[C@H](C)C(=O)CC2O[C@H]3[C@H]([C@@]21C)[C@@](C)(O)[C@@]12O[C@@H]1C[C@@H](c1ccoc1)[C@]2(C)[C@H]3O. The molecule has 0 aromatic carbocycles. The molecule has 1 aromatic rings. The molecule has 10 nitrogen and oxygen atoms in total. The highest BCUT2D eigenvalue weighted by Gasteiger charge is 2.90. The number of methoxy groups -OCH3 is 1. The van der Waals surface area contributed by atoms with Crippen LogP contribution < -0.4 is 0 Å². The minimum absolute atomic E-state index is 0.0527. The highest BCUT2D eigenvalue weighted by atomic mass is 16.6. The number of rotatable bonds is 4. The van der Waals surface area contributed by atoms with E-state index >= 15 is 0 Å². The van der Waals surface area contributed by atoms with E-state index in [9.17, 15) is 24.6 Å². The van der Waals surface area contributed by atoms with Gasteiger partial charge in [0.1, 0.15) is 17.0 Å². The van der Waals surface area contributed by atoms with Gasteiger partial charge < -0.3 is 33.6 Å². The van der Waals surface area contributed by atoms with Gasteiger partial charge in [0.2, 0.25) is 6.10 Å². The quantitative estimate of drug-likeness (QED) is 0.435. The second-order valence-electron chi connectivity index (χ2n) is 12.5. The fourth-order valence-electron chi connectivity index (χ4n) is 9.64. The maximum absolute atomic E-state index is 13.2. The smallest absolute Gasteiger partial charge is 0.347 e. The second-order valence-corrected chi connectivity index (χ2v) is 12.5. The largest absolute Gasteiger partial charge is 0.472 e. The Morgan fingerprint density at radius 2 is 1.92 bits per heavy atom. The van der Waals surface area contributed by atoms with Gasteiger partial charge in [-0.3, -0.25) is 9.59 Å². The van der Waals surface area contributed by atoms with Crippen LogP contribution >= 0.6 is 0 Å². The summed E-state index contributed by atoms with van der Waals surface area (Å²) in [7, 11) is 1.20. The van der Waals surface area contributed by atoms with Crippen LogP contribution in [0.5, 0.6) is 0 Å². The lowest BCUT2D eigenvalue weighted by molar-refractivity contribution is -0.245. The van der Waals surface area contributed by atoms with Crippen LogP contribution in [-0.2, 0) is 33.3 Å². The monoisotopic (exact) mass is 532 g/mol. The van der Waals surface area contributed by atoms with E-state index in [0.717, 1.165) is 5.56 Å². The second kappa shape index (κ2) is 7.90. The summed E-state index contributed by atoms with van der Waals surface area (Å²) in [5.74, 6) is -4.06. The number of carbonyl (C=O) groups is 3. The predicted octanol–water partition coefficient (Wildman–Crippen LogP) is 1.76. The van der Waals surface area contributed by atoms with Gasteiger partial charge in [-0.2, -0.15) is 0 Å². The van der Waals surface area contributed by atoms with Gasteiger partial charge in [0.25, 0.3) is 0 Å². The molecule has 1 aromatic heterocycles. The minimum Gasteiger partial charge on any atom is -0.472 e. The van der Waals surface area contributed by atoms with E-state index < -0.39 is 76.1 Å². The van der Waals surface area contributed by atoms with Gasteiger partial charge in [0, 0.05) is 47.8 Å². The van der Waals surface area contributed by atoms with Crippen LogP contribution in [0.3, 0.4) is 0 Å². The molecule has 10 heteroatoms. The number of aliphatic hydroxyl groups is 2. The van der Waals surface area contributed by atoms with Crippen LogP contribution in [0.25, 0.3) is 0 Å². The number of fused-ring (bicyclic) bond motifs is 3. The Bertz CT molecular complexity index is 1180. The van der Waals surface area contributed by atoms with Crippen LogP contribution in [0.4, 0.5) is 0 Å². The first kappa shape index (κ1) is 26.0. The summed E-state index contributed by atoms with van der Waals surface area (Å²) >= 11 is 0. The first-order chi connectivity index (χ1) is 17.8. The van der Waals surface area contributed by atoms with E-state index in [0.29, 0.717) is 6.42 Å². The van der Waals surface area contributed by atoms with E-state index in [1.807, 2.05) is 19.9 Å². The summed E-state index contributed by atoms with van der Waals surface area (Å²) in [5, 5.41) is 24.7. The number of hydrogen-bond donors (Lipinski definition) is 2. The fourth-order valence-corrected chi connectivity index (χ4v) is 9.64. The molecular formula is C28H36O10. The standard InChI is InChI=1S/C28H36O10/c1-12-16(30)10-17-25(3,19(12)20(24(32)34-6)36-13(2)29)22-21(37-17)23(31)26(4)15(14-7-8-35-11-14)9-18-28(26,38-18)27(22,5)33/h7-8,11-12,15,17-23,31,33H,9-10H2,1-6H3/t12-,15+,17?,18-,19-,20-,21+,22-,23+,25+,26-,27-,28-/m1/s1. The van der Waals surface area contributed by atoms with Crippen LogP contribution in [-0.4, -0.2) is 76.8 Å². The van der Waals surface area contributed by atoms with Crippen molar-refractivity contribution in [3.05, 3.63) is 24.2 Å². The fraction of sp³-hybridized carbons (Fsp3) is 0.750. The summed E-state index contributed by atoms with van der Waals surface area (Å²) in [6.07, 6.45) is -0.421. The zero-order valence-electron chi connectivity index (χ0n) is 22.5. The van der Waals surface area contributed by atoms with Crippen LogP contribution in [0, 0.1) is 28.6 Å². The molecule has 3 heterocycles. The number of hydrogen-bond acceptors (Lipinski definition) is 10. The van der Waals surface area contributed by atoms with Gasteiger partial charge >= 0.3 is 11.9 Å². The zero-order chi connectivity index (χ0) is 27.6. The zero-order valence-corrected chi connectivity index (χ0v) is 22.5. The first-order valence-electron chi connectivity index (χ1n) is 13.3. The van der Waals surface area contributed by atoms with E-state index in [4.69, 9.17) is 23.4 Å². The van der Waals surface area contributed by atoms with Crippen molar-refractivity contribution in [2.75, 3.05) is 7.11 Å². The van der Waals surface area contributed by atoms with Gasteiger partial charge in [-0.25, -0.2) is 4.79 Å². The lowest BCUT2D eigenvalue weighted by atomic mass is 9.44. The van der Waals surface area contributed by atoms with Gasteiger partial charge in [-0.1, -0.05) is 20.8 Å². The third-order valence-electron chi connectivity index (χ3n) is 11.1. The Labute approximate surface area is 220 Å². The third kappa shape index (κ3) is 2.79. The Hall–Kier alpha value is -2.27. The molecule has 6 rings (SSSR count). The number of esters is 2. The van der Waals surface area contributed by atoms with Crippen LogP contribution in [0.15, 0.2) is 23.0 Å². The number of epoxide rings is 1. The highest BCUT2D eigenvalue weighted by Crippen LogP contribution is 2.78. The van der Waals surface area contributed by atoms with Crippen molar-refractivity contribution >= 4 is 17.7 Å². The molecule has 0 bridgehead atoms. The summed E-state index contributed by atoms with van der Waals surface area (Å²) in [4.78, 5) is 38.3. The molecule has 0 radical (unpaired) electrons. The number of aliphatic hydroxyl groups excluding tert-OH is 1. The summed E-state index contributed by atoms with van der Waals surface area (Å²) in [6, 6.07) is 1.87. The lowest BCUT2D eigenvalue weighted by Crippen LogP contribution is -2.73. The minimum atomic E-state index is -1.52. The molecule has 2 aliphatic heterocycles. The number of ether oxygens (including phenoxy) is 4. The predicted molar refractivity (Wildman–Crippen MR) is 129 cm³/mol. The number of carbonyl (C=O) groups excluding carboxylic acids is 3. The normalized spacial score (nSPS) is 51.3. The Morgan fingerprint density at radius 3 is 2.53 bits per heavy atom. The molecule has 1 unspecified atom stereocenters. The molecule has 0 amide bonds. The first-order valence-corrected chi connectivity index (χ1v) is 13.3. The van der Waals surface area contributed by atoms with Crippen molar-refractivity contribution < 1.29 is 48.0 Å². The molecule has 208 valence electrons. The highest BCUT2D eigenvalue weighted by molar-refractivity contribution is 5.86. The summed E-state index contributed by atoms with van der Waals surface area (Å²) in [5.41, 5.74) is -3.65. The summed E-state index contributed by atoms with van der Waals surface area (Å²) < 4.78 is 28.7. The Kier molecular flexibility index (Phi) is 5.40. The Morgan fingerprint density at radius 1 is 1.21 bits per heavy atom. The van der Waals surface area contributed by atoms with Crippen molar-refractivity contribution in [3.8, 4) is 0 Å². The molecule has 13 atom stereocenters. The van der Waals surface area contributed by atoms with E-state index in [-0.39, 0.29) is 24.2 Å². The molecule has 3 aliphatic carbocycles. The van der Waals surface area contributed by atoms with Crippen molar-refractivity contribution in [2.45, 2.75) is 95.1 Å². The van der Waals surface area contributed by atoms with Crippen LogP contribution in [0.2, 0.25) is 0 Å². The van der Waals surface area contributed by atoms with Gasteiger partial charge in [-0.15, -0.1) is 0 Å². The molecule has 3 saturated carbocycles. The van der Waals surface area contributed by atoms with Crippen molar-refractivity contribution in [2.24, 2.45) is 28.6 Å². The number of Topliss-reactive ketones (excluding diaryl/α,β-unsaturated/α-hetero) is 1. The lowest BCUT2D eigenvalue weighted by Gasteiger charge is -2.60. The molecule has 38 heavy (non-hydrogen) atoms. The molecule has 2 N–H and O–H groups in total. The van der Waals surface area contributed by atoms with E-state index in [1.165, 1.54) is 14.0 Å². The van der Waals surface area contributed by atoms with Crippen LogP contribution in [0.1, 0.15) is 58.9 Å². The maximum atomic E-state index is 13.2. The van der Waals surface area contributed by atoms with Gasteiger partial charge in [0.15, 0.2) is 0 Å². The van der Waals surface area contributed by atoms with Gasteiger partial charge in [0.05, 0.1) is 44.1 Å². The van der Waals surface area contributed by atoms with E-state index in [1.54, 1.807) is 26.4 Å². The molecule has 5 aliphatic rings. The number of furan rings is 1. The van der Waals surface area contributed by atoms with Crippen molar-refractivity contribution in [3.63, 3.8) is 0 Å². The average molecular weight is 533 g/mol. The van der Waals surface area contributed by atoms with Gasteiger partial charge in [-0.05, 0) is 25.0 Å². The third-order valence-corrected chi connectivity index (χ3v) is 11.1. The topological polar surface area (TPSA) is 145 Å². The van der Waals surface area contributed by atoms with Crippen molar-refractivity contribution in [1.82, 2.24) is 0 Å².